The molecule has 0 aliphatic heterocycles. The van der Waals surface area contributed by atoms with E-state index in [1.165, 1.54) is 26.2 Å². The predicted octanol–water partition coefficient (Wildman–Crippen LogP) is 3.78. The van der Waals surface area contributed by atoms with Crippen LogP contribution >= 0.6 is 24.0 Å². The largest absolute Gasteiger partial charge is 0.492 e. The number of hydrogen-bond donors (Lipinski definition) is 3. The van der Waals surface area contributed by atoms with Crippen molar-refractivity contribution in [3.05, 3.63) is 24.3 Å². The minimum atomic E-state index is -0.0956. The Labute approximate surface area is 174 Å². The number of carbonyl (C=O) groups excluding carboxylic acids is 1. The summed E-state index contributed by atoms with van der Waals surface area (Å²) in [6, 6.07) is 7.76. The Morgan fingerprint density at radius 2 is 2.08 bits per heavy atom. The van der Waals surface area contributed by atoms with E-state index >= 15 is 0 Å². The monoisotopic (exact) mass is 476 g/mol. The van der Waals surface area contributed by atoms with E-state index < -0.39 is 0 Å². The molecular weight excluding hydrogens is 443 g/mol. The van der Waals surface area contributed by atoms with Gasteiger partial charge in [-0.25, -0.2) is 0 Å². The smallest absolute Gasteiger partial charge is 0.221 e. The molecule has 6 nitrogen and oxygen atoms in total. The highest BCUT2D eigenvalue weighted by atomic mass is 127. The minimum absolute atomic E-state index is 0. The normalized spacial score (nSPS) is 11.9. The van der Waals surface area contributed by atoms with Crippen LogP contribution in [0.3, 0.4) is 0 Å². The molecule has 0 aliphatic rings. The number of rotatable bonds is 10. The second-order valence-corrected chi connectivity index (χ2v) is 6.10. The van der Waals surface area contributed by atoms with Crippen LogP contribution < -0.4 is 20.7 Å². The van der Waals surface area contributed by atoms with E-state index in [0.29, 0.717) is 19.2 Å². The van der Waals surface area contributed by atoms with Gasteiger partial charge in [0, 0.05) is 31.8 Å². The summed E-state index contributed by atoms with van der Waals surface area (Å²) in [7, 11) is 1.77. The maximum absolute atomic E-state index is 11.1. The van der Waals surface area contributed by atoms with Crippen LogP contribution in [0.15, 0.2) is 29.3 Å². The van der Waals surface area contributed by atoms with Gasteiger partial charge in [-0.1, -0.05) is 32.3 Å². The number of halogens is 1. The molecule has 1 aromatic carbocycles. The van der Waals surface area contributed by atoms with E-state index in [2.05, 4.69) is 34.8 Å². The fourth-order valence-electron chi connectivity index (χ4n) is 2.41. The second kappa shape index (κ2) is 14.6. The van der Waals surface area contributed by atoms with Gasteiger partial charge in [0.05, 0.1) is 6.54 Å². The lowest BCUT2D eigenvalue weighted by atomic mass is 10.1. The topological polar surface area (TPSA) is 74.8 Å². The van der Waals surface area contributed by atoms with Gasteiger partial charge < -0.3 is 20.7 Å². The molecule has 0 aliphatic carbocycles. The van der Waals surface area contributed by atoms with Crippen LogP contribution in [0.2, 0.25) is 0 Å². The first-order valence-electron chi connectivity index (χ1n) is 9.02. The number of ether oxygens (including phenoxy) is 1. The van der Waals surface area contributed by atoms with E-state index in [1.807, 2.05) is 24.3 Å². The van der Waals surface area contributed by atoms with Crippen LogP contribution in [-0.2, 0) is 4.79 Å². The summed E-state index contributed by atoms with van der Waals surface area (Å²) in [5.74, 6) is 1.42. The van der Waals surface area contributed by atoms with Gasteiger partial charge in [0.15, 0.2) is 5.96 Å². The van der Waals surface area contributed by atoms with Crippen molar-refractivity contribution in [3.8, 4) is 5.75 Å². The molecule has 0 bridgehead atoms. The summed E-state index contributed by atoms with van der Waals surface area (Å²) in [6.07, 6.45) is 4.88. The summed E-state index contributed by atoms with van der Waals surface area (Å²) in [5.41, 5.74) is 0.733. The standard InChI is InChI=1S/C19H32N4O2.HI/c1-5-6-7-9-15(2)22-19(20-4)21-12-13-25-18-11-8-10-17(14-18)23-16(3)24;/h8,10-11,14-15H,5-7,9,12-13H2,1-4H3,(H,23,24)(H2,20,21,22);1H. The second-order valence-electron chi connectivity index (χ2n) is 6.10. The summed E-state index contributed by atoms with van der Waals surface area (Å²) >= 11 is 0. The minimum Gasteiger partial charge on any atom is -0.492 e. The zero-order valence-electron chi connectivity index (χ0n) is 16.3. The molecule has 0 saturated carbocycles. The van der Waals surface area contributed by atoms with Crippen molar-refractivity contribution in [3.63, 3.8) is 0 Å². The van der Waals surface area contributed by atoms with Crippen molar-refractivity contribution in [1.82, 2.24) is 10.6 Å². The molecule has 26 heavy (non-hydrogen) atoms. The fourth-order valence-corrected chi connectivity index (χ4v) is 2.41. The maximum Gasteiger partial charge on any atom is 0.221 e. The van der Waals surface area contributed by atoms with Crippen molar-refractivity contribution in [2.24, 2.45) is 4.99 Å². The molecule has 1 aromatic rings. The summed E-state index contributed by atoms with van der Waals surface area (Å²) in [4.78, 5) is 15.3. The highest BCUT2D eigenvalue weighted by molar-refractivity contribution is 14.0. The number of anilines is 1. The van der Waals surface area contributed by atoms with Gasteiger partial charge in [-0.2, -0.15) is 0 Å². The Balaban J connectivity index is 0.00000625. The Kier molecular flexibility index (Phi) is 13.8. The van der Waals surface area contributed by atoms with E-state index in [0.717, 1.165) is 23.8 Å². The van der Waals surface area contributed by atoms with Crippen LogP contribution in [0.25, 0.3) is 0 Å². The number of nitrogens with one attached hydrogen (secondary N) is 3. The zero-order chi connectivity index (χ0) is 18.5. The van der Waals surface area contributed by atoms with Crippen molar-refractivity contribution >= 4 is 41.5 Å². The quantitative estimate of drug-likeness (QED) is 0.208. The van der Waals surface area contributed by atoms with E-state index in [9.17, 15) is 4.79 Å². The lowest BCUT2D eigenvalue weighted by Crippen LogP contribution is -2.43. The van der Waals surface area contributed by atoms with E-state index in [-0.39, 0.29) is 29.9 Å². The third kappa shape index (κ3) is 11.2. The molecule has 148 valence electrons. The molecule has 1 unspecified atom stereocenters. The summed E-state index contributed by atoms with van der Waals surface area (Å²) in [6.45, 7) is 7.02. The number of benzene rings is 1. The van der Waals surface area contributed by atoms with Crippen LogP contribution in [0, 0.1) is 0 Å². The number of unbranched alkanes of at least 4 members (excludes halogenated alkanes) is 2. The first-order chi connectivity index (χ1) is 12.0. The maximum atomic E-state index is 11.1. The number of aliphatic imine (C=N–C) groups is 1. The molecule has 0 radical (unpaired) electrons. The van der Waals surface area contributed by atoms with Gasteiger partial charge in [-0.15, -0.1) is 24.0 Å². The SMILES string of the molecule is CCCCCC(C)NC(=NC)NCCOc1cccc(NC(C)=O)c1.I. The molecule has 1 rings (SSSR count). The average molecular weight is 476 g/mol. The first kappa shape index (κ1) is 24.5. The molecule has 0 saturated heterocycles. The van der Waals surface area contributed by atoms with Gasteiger partial charge in [0.2, 0.25) is 5.91 Å². The summed E-state index contributed by atoms with van der Waals surface area (Å²) < 4.78 is 5.71. The molecule has 3 N–H and O–H groups in total. The molecule has 0 fully saturated rings. The molecule has 0 aromatic heterocycles. The first-order valence-corrected chi connectivity index (χ1v) is 9.02. The van der Waals surface area contributed by atoms with Gasteiger partial charge >= 0.3 is 0 Å². The van der Waals surface area contributed by atoms with Gasteiger partial charge in [-0.3, -0.25) is 9.79 Å². The van der Waals surface area contributed by atoms with Crippen molar-refractivity contribution in [2.75, 3.05) is 25.5 Å². The number of amides is 1. The molecule has 1 atom stereocenters. The molecule has 0 spiro atoms. The van der Waals surface area contributed by atoms with Gasteiger partial charge in [0.25, 0.3) is 0 Å². The van der Waals surface area contributed by atoms with Crippen molar-refractivity contribution in [1.29, 1.82) is 0 Å². The molecule has 0 heterocycles. The molecular formula is C19H33IN4O2. The van der Waals surface area contributed by atoms with Crippen LogP contribution in [0.5, 0.6) is 5.75 Å². The molecule has 1 amide bonds. The average Bonchev–Trinajstić information content (AvgIpc) is 2.57. The number of hydrogen-bond acceptors (Lipinski definition) is 3. The third-order valence-electron chi connectivity index (χ3n) is 3.67. The fraction of sp³-hybridized carbons (Fsp3) is 0.579. The van der Waals surface area contributed by atoms with Crippen LogP contribution in [0.1, 0.15) is 46.5 Å². The lowest BCUT2D eigenvalue weighted by molar-refractivity contribution is -0.114. The number of guanidine groups is 1. The van der Waals surface area contributed by atoms with E-state index in [4.69, 9.17) is 4.74 Å². The third-order valence-corrected chi connectivity index (χ3v) is 3.67. The van der Waals surface area contributed by atoms with Gasteiger partial charge in [-0.05, 0) is 25.5 Å². The Bertz CT molecular complexity index is 552. The highest BCUT2D eigenvalue weighted by Gasteiger charge is 2.05. The summed E-state index contributed by atoms with van der Waals surface area (Å²) in [5, 5.41) is 9.38. The predicted molar refractivity (Wildman–Crippen MR) is 120 cm³/mol. The number of nitrogens with zero attached hydrogens (tertiary/aromatic N) is 1. The van der Waals surface area contributed by atoms with Gasteiger partial charge in [0.1, 0.15) is 12.4 Å². The molecule has 7 heteroatoms. The Hall–Kier alpha value is -1.51. The lowest BCUT2D eigenvalue weighted by Gasteiger charge is -2.18. The van der Waals surface area contributed by atoms with E-state index in [1.54, 1.807) is 7.05 Å². The van der Waals surface area contributed by atoms with Crippen LogP contribution in [-0.4, -0.2) is 38.1 Å². The Morgan fingerprint density at radius 3 is 2.73 bits per heavy atom. The van der Waals surface area contributed by atoms with Crippen molar-refractivity contribution in [2.45, 2.75) is 52.5 Å². The zero-order valence-corrected chi connectivity index (χ0v) is 18.6. The Morgan fingerprint density at radius 1 is 1.31 bits per heavy atom. The highest BCUT2D eigenvalue weighted by Crippen LogP contribution is 2.17. The number of carbonyl (C=O) groups is 1. The van der Waals surface area contributed by atoms with Crippen LogP contribution in [0.4, 0.5) is 5.69 Å². The van der Waals surface area contributed by atoms with Crippen molar-refractivity contribution < 1.29 is 9.53 Å².